The van der Waals surface area contributed by atoms with Crippen LogP contribution in [0.1, 0.15) is 17.5 Å². The number of nitrogens with one attached hydrogen (secondary N) is 1. The van der Waals surface area contributed by atoms with E-state index in [2.05, 4.69) is 24.3 Å². The molecule has 0 atom stereocenters. The second-order valence-corrected chi connectivity index (χ2v) is 5.50. The van der Waals surface area contributed by atoms with Gasteiger partial charge in [-0.25, -0.2) is 0 Å². The van der Waals surface area contributed by atoms with Crippen LogP contribution in [0.5, 0.6) is 5.75 Å². The first-order valence-electron chi connectivity index (χ1n) is 6.75. The van der Waals surface area contributed by atoms with E-state index in [4.69, 9.17) is 16.3 Å². The molecular formula is C15H25ClN2O. The summed E-state index contributed by atoms with van der Waals surface area (Å²) in [6.07, 6.45) is 1.16. The van der Waals surface area contributed by atoms with Crippen LogP contribution in [0.4, 0.5) is 0 Å². The maximum absolute atomic E-state index is 6.12. The standard InChI is InChI=1S/C15H25ClN2O/c1-12-10-14(11-13(2)15(12)16)19-9-7-17-6-5-8-18(3)4/h10-11,17H,5-9H2,1-4H3. The second kappa shape index (κ2) is 8.41. The van der Waals surface area contributed by atoms with E-state index in [-0.39, 0.29) is 0 Å². The molecule has 0 aliphatic heterocycles. The molecule has 0 bridgehead atoms. The van der Waals surface area contributed by atoms with Crippen molar-refractivity contribution >= 4 is 11.6 Å². The van der Waals surface area contributed by atoms with Gasteiger partial charge in [0.15, 0.2) is 0 Å². The van der Waals surface area contributed by atoms with E-state index in [1.54, 1.807) is 0 Å². The highest BCUT2D eigenvalue weighted by Gasteiger charge is 2.03. The monoisotopic (exact) mass is 284 g/mol. The van der Waals surface area contributed by atoms with Gasteiger partial charge in [-0.2, -0.15) is 0 Å². The van der Waals surface area contributed by atoms with Gasteiger partial charge in [0.1, 0.15) is 12.4 Å². The van der Waals surface area contributed by atoms with Crippen molar-refractivity contribution in [1.29, 1.82) is 0 Å². The van der Waals surface area contributed by atoms with Crippen molar-refractivity contribution in [2.45, 2.75) is 20.3 Å². The Morgan fingerprint density at radius 2 is 1.79 bits per heavy atom. The van der Waals surface area contributed by atoms with Gasteiger partial charge < -0.3 is 15.0 Å². The molecule has 1 aromatic carbocycles. The zero-order valence-electron chi connectivity index (χ0n) is 12.4. The lowest BCUT2D eigenvalue weighted by Gasteiger charge is -2.11. The number of halogens is 1. The van der Waals surface area contributed by atoms with Gasteiger partial charge in [-0.1, -0.05) is 11.6 Å². The highest BCUT2D eigenvalue weighted by Crippen LogP contribution is 2.25. The lowest BCUT2D eigenvalue weighted by Crippen LogP contribution is -2.25. The lowest BCUT2D eigenvalue weighted by molar-refractivity contribution is 0.311. The molecule has 1 aromatic rings. The maximum Gasteiger partial charge on any atom is 0.119 e. The summed E-state index contributed by atoms with van der Waals surface area (Å²) in [6.45, 7) is 7.70. The lowest BCUT2D eigenvalue weighted by atomic mass is 10.1. The Morgan fingerprint density at radius 3 is 2.37 bits per heavy atom. The molecule has 0 amide bonds. The molecule has 0 heterocycles. The topological polar surface area (TPSA) is 24.5 Å². The first-order chi connectivity index (χ1) is 9.00. The Morgan fingerprint density at radius 1 is 1.16 bits per heavy atom. The number of nitrogens with zero attached hydrogens (tertiary/aromatic N) is 1. The average Bonchev–Trinajstić information content (AvgIpc) is 2.34. The highest BCUT2D eigenvalue weighted by molar-refractivity contribution is 6.32. The smallest absolute Gasteiger partial charge is 0.119 e. The minimum Gasteiger partial charge on any atom is -0.492 e. The fourth-order valence-corrected chi connectivity index (χ4v) is 1.98. The summed E-state index contributed by atoms with van der Waals surface area (Å²) in [5, 5.41) is 4.20. The van der Waals surface area contributed by atoms with Crippen molar-refractivity contribution in [3.05, 3.63) is 28.3 Å². The van der Waals surface area contributed by atoms with Gasteiger partial charge >= 0.3 is 0 Å². The summed E-state index contributed by atoms with van der Waals surface area (Å²) in [5.74, 6) is 0.898. The Labute approximate surface area is 121 Å². The Hall–Kier alpha value is -0.770. The molecular weight excluding hydrogens is 260 g/mol. The molecule has 3 nitrogen and oxygen atoms in total. The summed E-state index contributed by atoms with van der Waals surface area (Å²) in [6, 6.07) is 3.97. The molecule has 0 spiro atoms. The normalized spacial score (nSPS) is 11.1. The average molecular weight is 285 g/mol. The Bertz CT molecular complexity index is 371. The summed E-state index contributed by atoms with van der Waals surface area (Å²) in [5.41, 5.74) is 2.13. The van der Waals surface area contributed by atoms with Crippen LogP contribution in [-0.4, -0.2) is 45.2 Å². The molecule has 0 radical (unpaired) electrons. The summed E-state index contributed by atoms with van der Waals surface area (Å²) >= 11 is 6.12. The van der Waals surface area contributed by atoms with Gasteiger partial charge in [-0.15, -0.1) is 0 Å². The highest BCUT2D eigenvalue weighted by atomic mass is 35.5. The van der Waals surface area contributed by atoms with Gasteiger partial charge in [-0.3, -0.25) is 0 Å². The molecule has 0 aliphatic carbocycles. The molecule has 0 unspecified atom stereocenters. The van der Waals surface area contributed by atoms with Crippen LogP contribution in [0.25, 0.3) is 0 Å². The fourth-order valence-electron chi connectivity index (χ4n) is 1.88. The van der Waals surface area contributed by atoms with Crippen LogP contribution < -0.4 is 10.1 Å². The molecule has 0 saturated heterocycles. The predicted octanol–water partition coefficient (Wildman–Crippen LogP) is 2.88. The van der Waals surface area contributed by atoms with E-state index in [1.165, 1.54) is 0 Å². The number of hydrogen-bond donors (Lipinski definition) is 1. The third kappa shape index (κ3) is 6.28. The summed E-state index contributed by atoms with van der Waals surface area (Å²) < 4.78 is 5.72. The van der Waals surface area contributed by atoms with E-state index in [9.17, 15) is 0 Å². The van der Waals surface area contributed by atoms with Gasteiger partial charge in [0.05, 0.1) is 0 Å². The Balaban J connectivity index is 2.19. The summed E-state index contributed by atoms with van der Waals surface area (Å²) in [7, 11) is 4.18. The number of rotatable bonds is 8. The van der Waals surface area contributed by atoms with Crippen molar-refractivity contribution in [2.75, 3.05) is 40.3 Å². The minimum absolute atomic E-state index is 0.683. The van der Waals surface area contributed by atoms with Gasteiger partial charge in [0.2, 0.25) is 0 Å². The maximum atomic E-state index is 6.12. The number of hydrogen-bond acceptors (Lipinski definition) is 3. The predicted molar refractivity (Wildman–Crippen MR) is 82.5 cm³/mol. The molecule has 4 heteroatoms. The van der Waals surface area contributed by atoms with Gasteiger partial charge in [-0.05, 0) is 70.7 Å². The molecule has 19 heavy (non-hydrogen) atoms. The molecule has 1 rings (SSSR count). The third-order valence-electron chi connectivity index (χ3n) is 2.92. The van der Waals surface area contributed by atoms with Crippen molar-refractivity contribution in [2.24, 2.45) is 0 Å². The molecule has 1 N–H and O–H groups in total. The molecule has 108 valence electrons. The van der Waals surface area contributed by atoms with Crippen LogP contribution in [0.3, 0.4) is 0 Å². The molecule has 0 aliphatic rings. The van der Waals surface area contributed by atoms with Crippen LogP contribution in [0.15, 0.2) is 12.1 Å². The third-order valence-corrected chi connectivity index (χ3v) is 3.51. The zero-order valence-corrected chi connectivity index (χ0v) is 13.2. The second-order valence-electron chi connectivity index (χ2n) is 5.13. The van der Waals surface area contributed by atoms with E-state index in [1.807, 2.05) is 26.0 Å². The van der Waals surface area contributed by atoms with Gasteiger partial charge in [0, 0.05) is 11.6 Å². The first-order valence-corrected chi connectivity index (χ1v) is 7.13. The molecule has 0 fully saturated rings. The quantitative estimate of drug-likeness (QED) is 0.743. The van der Waals surface area contributed by atoms with Crippen LogP contribution in [0.2, 0.25) is 5.02 Å². The van der Waals surface area contributed by atoms with Crippen LogP contribution in [-0.2, 0) is 0 Å². The van der Waals surface area contributed by atoms with Gasteiger partial charge in [0.25, 0.3) is 0 Å². The molecule has 0 aromatic heterocycles. The largest absolute Gasteiger partial charge is 0.492 e. The first kappa shape index (κ1) is 16.3. The molecule has 0 saturated carbocycles. The fraction of sp³-hybridized carbons (Fsp3) is 0.600. The van der Waals surface area contributed by atoms with Crippen LogP contribution >= 0.6 is 11.6 Å². The van der Waals surface area contributed by atoms with Crippen molar-refractivity contribution in [1.82, 2.24) is 10.2 Å². The van der Waals surface area contributed by atoms with E-state index >= 15 is 0 Å². The van der Waals surface area contributed by atoms with Crippen molar-refractivity contribution < 1.29 is 4.74 Å². The Kier molecular flexibility index (Phi) is 7.21. The number of ether oxygens (including phenoxy) is 1. The number of aryl methyl sites for hydroxylation is 2. The van der Waals surface area contributed by atoms with E-state index < -0.39 is 0 Å². The van der Waals surface area contributed by atoms with Crippen molar-refractivity contribution in [3.63, 3.8) is 0 Å². The number of benzene rings is 1. The summed E-state index contributed by atoms with van der Waals surface area (Å²) in [4.78, 5) is 2.19. The van der Waals surface area contributed by atoms with Crippen molar-refractivity contribution in [3.8, 4) is 5.75 Å². The zero-order chi connectivity index (χ0) is 14.3. The SMILES string of the molecule is Cc1cc(OCCNCCCN(C)C)cc(C)c1Cl. The van der Waals surface area contributed by atoms with E-state index in [0.717, 1.165) is 48.0 Å². The van der Waals surface area contributed by atoms with Crippen LogP contribution in [0, 0.1) is 13.8 Å². The van der Waals surface area contributed by atoms with E-state index in [0.29, 0.717) is 6.61 Å². The minimum atomic E-state index is 0.683.